The number of hydrogen-bond donors (Lipinski definition) is 1. The molecule has 0 atom stereocenters. The van der Waals surface area contributed by atoms with Crippen molar-refractivity contribution < 1.29 is 9.90 Å². The van der Waals surface area contributed by atoms with Gasteiger partial charge in [0.05, 0.1) is 0 Å². The summed E-state index contributed by atoms with van der Waals surface area (Å²) in [6, 6.07) is 7.99. The van der Waals surface area contributed by atoms with Gasteiger partial charge in [-0.05, 0) is 63.6 Å². The van der Waals surface area contributed by atoms with E-state index in [0.717, 1.165) is 51.1 Å². The predicted molar refractivity (Wildman–Crippen MR) is 97.0 cm³/mol. The van der Waals surface area contributed by atoms with Gasteiger partial charge in [0.15, 0.2) is 0 Å². The number of benzene rings is 1. The lowest BCUT2D eigenvalue weighted by Gasteiger charge is -2.31. The maximum atomic E-state index is 12.4. The standard InChI is InChI=1S/C19H31N3O2/c1-20(2)12-13-21(3)19(24)18-6-4-16(5-7-18)14-22-10-8-17(15-23)9-11-22/h4-7,17,23H,8-15H2,1-3H3. The largest absolute Gasteiger partial charge is 0.396 e. The van der Waals surface area contributed by atoms with Crippen LogP contribution in [0.3, 0.4) is 0 Å². The minimum absolute atomic E-state index is 0.0761. The summed E-state index contributed by atoms with van der Waals surface area (Å²) in [5, 5.41) is 9.21. The van der Waals surface area contributed by atoms with E-state index < -0.39 is 0 Å². The normalized spacial score (nSPS) is 16.5. The van der Waals surface area contributed by atoms with Crippen molar-refractivity contribution in [2.45, 2.75) is 19.4 Å². The molecule has 1 aliphatic rings. The molecule has 0 aliphatic carbocycles. The van der Waals surface area contributed by atoms with E-state index >= 15 is 0 Å². The van der Waals surface area contributed by atoms with Gasteiger partial charge in [-0.15, -0.1) is 0 Å². The zero-order chi connectivity index (χ0) is 17.5. The van der Waals surface area contributed by atoms with Gasteiger partial charge in [-0.2, -0.15) is 0 Å². The lowest BCUT2D eigenvalue weighted by Crippen LogP contribution is -2.34. The maximum absolute atomic E-state index is 12.4. The van der Waals surface area contributed by atoms with E-state index in [0.29, 0.717) is 12.5 Å². The molecule has 1 amide bonds. The highest BCUT2D eigenvalue weighted by Crippen LogP contribution is 2.18. The number of piperidine rings is 1. The van der Waals surface area contributed by atoms with Gasteiger partial charge in [-0.25, -0.2) is 0 Å². The maximum Gasteiger partial charge on any atom is 0.253 e. The van der Waals surface area contributed by atoms with E-state index in [1.165, 1.54) is 5.56 Å². The summed E-state index contributed by atoms with van der Waals surface area (Å²) < 4.78 is 0. The number of rotatable bonds is 7. The van der Waals surface area contributed by atoms with Crippen molar-refractivity contribution in [1.82, 2.24) is 14.7 Å². The lowest BCUT2D eigenvalue weighted by atomic mass is 9.97. The van der Waals surface area contributed by atoms with Crippen LogP contribution in [-0.4, -0.2) is 79.6 Å². The number of aliphatic hydroxyl groups excluding tert-OH is 1. The summed E-state index contributed by atoms with van der Waals surface area (Å²) in [6.07, 6.45) is 2.15. The van der Waals surface area contributed by atoms with E-state index in [4.69, 9.17) is 0 Å². The number of hydrogen-bond acceptors (Lipinski definition) is 4. The number of aliphatic hydroxyl groups is 1. The average Bonchev–Trinajstić information content (AvgIpc) is 2.60. The summed E-state index contributed by atoms with van der Waals surface area (Å²) in [6.45, 7) is 4.91. The van der Waals surface area contributed by atoms with Gasteiger partial charge in [0.2, 0.25) is 0 Å². The minimum atomic E-state index is 0.0761. The van der Waals surface area contributed by atoms with E-state index in [-0.39, 0.29) is 5.91 Å². The van der Waals surface area contributed by atoms with Gasteiger partial charge in [0.1, 0.15) is 0 Å². The molecule has 1 aromatic carbocycles. The first-order chi connectivity index (χ1) is 11.5. The molecule has 5 nitrogen and oxygen atoms in total. The Kier molecular flexibility index (Phi) is 7.21. The van der Waals surface area contributed by atoms with Crippen molar-refractivity contribution in [2.75, 3.05) is 53.9 Å². The molecule has 1 aromatic rings. The van der Waals surface area contributed by atoms with Gasteiger partial charge >= 0.3 is 0 Å². The van der Waals surface area contributed by atoms with Gasteiger partial charge in [-0.3, -0.25) is 9.69 Å². The second-order valence-corrected chi connectivity index (χ2v) is 7.13. The number of carbonyl (C=O) groups excluding carboxylic acids is 1. The van der Waals surface area contributed by atoms with Crippen LogP contribution in [0.5, 0.6) is 0 Å². The summed E-state index contributed by atoms with van der Waals surface area (Å²) in [7, 11) is 5.87. The van der Waals surface area contributed by atoms with E-state index in [9.17, 15) is 9.90 Å². The van der Waals surface area contributed by atoms with Crippen LogP contribution in [0.15, 0.2) is 24.3 Å². The summed E-state index contributed by atoms with van der Waals surface area (Å²) in [5.74, 6) is 0.547. The molecule has 0 spiro atoms. The molecule has 1 fully saturated rings. The Morgan fingerprint density at radius 1 is 1.12 bits per heavy atom. The number of carbonyl (C=O) groups is 1. The van der Waals surface area contributed by atoms with Crippen LogP contribution in [-0.2, 0) is 6.54 Å². The van der Waals surface area contributed by atoms with E-state index in [1.807, 2.05) is 33.3 Å². The zero-order valence-electron chi connectivity index (χ0n) is 15.2. The smallest absolute Gasteiger partial charge is 0.253 e. The van der Waals surface area contributed by atoms with Gasteiger partial charge in [-0.1, -0.05) is 12.1 Å². The van der Waals surface area contributed by atoms with Crippen LogP contribution in [0.1, 0.15) is 28.8 Å². The van der Waals surface area contributed by atoms with Crippen LogP contribution < -0.4 is 0 Å². The van der Waals surface area contributed by atoms with Crippen LogP contribution in [0, 0.1) is 5.92 Å². The Balaban J connectivity index is 1.85. The highest BCUT2D eigenvalue weighted by Gasteiger charge is 2.18. The first-order valence-corrected chi connectivity index (χ1v) is 8.82. The third kappa shape index (κ3) is 5.58. The highest BCUT2D eigenvalue weighted by atomic mass is 16.3. The van der Waals surface area contributed by atoms with Gasteiger partial charge in [0.25, 0.3) is 5.91 Å². The second-order valence-electron chi connectivity index (χ2n) is 7.13. The number of likely N-dealkylation sites (tertiary alicyclic amines) is 1. The molecule has 0 bridgehead atoms. The molecule has 1 heterocycles. The third-order valence-electron chi connectivity index (χ3n) is 4.80. The van der Waals surface area contributed by atoms with Gasteiger partial charge in [0, 0.05) is 38.9 Å². The SMILES string of the molecule is CN(C)CCN(C)C(=O)c1ccc(CN2CCC(CO)CC2)cc1. The fourth-order valence-electron chi connectivity index (χ4n) is 3.01. The molecule has 0 aromatic heterocycles. The van der Waals surface area contributed by atoms with Crippen LogP contribution in [0.4, 0.5) is 0 Å². The Morgan fingerprint density at radius 3 is 2.29 bits per heavy atom. The highest BCUT2D eigenvalue weighted by molar-refractivity contribution is 5.94. The fourth-order valence-corrected chi connectivity index (χ4v) is 3.01. The van der Waals surface area contributed by atoms with Gasteiger partial charge < -0.3 is 14.9 Å². The van der Waals surface area contributed by atoms with E-state index in [1.54, 1.807) is 4.90 Å². The molecule has 0 radical (unpaired) electrons. The molecular formula is C19H31N3O2. The van der Waals surface area contributed by atoms with Crippen molar-refractivity contribution in [1.29, 1.82) is 0 Å². The molecule has 0 unspecified atom stereocenters. The Morgan fingerprint density at radius 2 is 1.75 bits per heavy atom. The number of nitrogens with zero attached hydrogens (tertiary/aromatic N) is 3. The fraction of sp³-hybridized carbons (Fsp3) is 0.632. The zero-order valence-corrected chi connectivity index (χ0v) is 15.2. The average molecular weight is 333 g/mol. The Bertz CT molecular complexity index is 508. The van der Waals surface area contributed by atoms with Crippen molar-refractivity contribution in [3.05, 3.63) is 35.4 Å². The molecule has 1 saturated heterocycles. The van der Waals surface area contributed by atoms with Crippen molar-refractivity contribution >= 4 is 5.91 Å². The molecule has 5 heteroatoms. The molecular weight excluding hydrogens is 302 g/mol. The Hall–Kier alpha value is -1.43. The first-order valence-electron chi connectivity index (χ1n) is 8.82. The topological polar surface area (TPSA) is 47.0 Å². The molecule has 134 valence electrons. The van der Waals surface area contributed by atoms with Crippen LogP contribution in [0.2, 0.25) is 0 Å². The minimum Gasteiger partial charge on any atom is -0.396 e. The number of amides is 1. The van der Waals surface area contributed by atoms with Crippen molar-refractivity contribution in [3.63, 3.8) is 0 Å². The quantitative estimate of drug-likeness (QED) is 0.822. The van der Waals surface area contributed by atoms with Crippen molar-refractivity contribution in [3.8, 4) is 0 Å². The van der Waals surface area contributed by atoms with Crippen LogP contribution >= 0.6 is 0 Å². The summed E-state index contributed by atoms with van der Waals surface area (Å²) in [4.78, 5) is 18.7. The lowest BCUT2D eigenvalue weighted by molar-refractivity contribution is 0.0786. The summed E-state index contributed by atoms with van der Waals surface area (Å²) in [5.41, 5.74) is 1.99. The third-order valence-corrected chi connectivity index (χ3v) is 4.80. The molecule has 1 N–H and O–H groups in total. The molecule has 2 rings (SSSR count). The van der Waals surface area contributed by atoms with E-state index in [2.05, 4.69) is 21.9 Å². The molecule has 0 saturated carbocycles. The Labute approximate surface area is 145 Å². The molecule has 24 heavy (non-hydrogen) atoms. The predicted octanol–water partition coefficient (Wildman–Crippen LogP) is 1.52. The second kappa shape index (κ2) is 9.16. The first kappa shape index (κ1) is 18.9. The molecule has 1 aliphatic heterocycles. The summed E-state index contributed by atoms with van der Waals surface area (Å²) >= 11 is 0. The van der Waals surface area contributed by atoms with Crippen molar-refractivity contribution in [2.24, 2.45) is 5.92 Å². The van der Waals surface area contributed by atoms with Crippen LogP contribution in [0.25, 0.3) is 0 Å². The number of likely N-dealkylation sites (N-methyl/N-ethyl adjacent to an activating group) is 2. The monoisotopic (exact) mass is 333 g/mol.